The molecule has 0 saturated carbocycles. The van der Waals surface area contributed by atoms with Crippen LogP contribution in [0.15, 0.2) is 188 Å². The SMILES string of the molecule is c1ccc(-c2cccc(-c3ccc(N(c4ccccc4)c4ccc(-c5c6ccccc6cc6sc7ccccc7c56)cc4)cc3)c2)cc1. The molecule has 0 amide bonds. The quantitative estimate of drug-likeness (QED) is 0.177. The third kappa shape index (κ3) is 5.04. The second kappa shape index (κ2) is 12.0. The molecule has 0 fully saturated rings. The molecule has 226 valence electrons. The van der Waals surface area contributed by atoms with E-state index in [-0.39, 0.29) is 0 Å². The van der Waals surface area contributed by atoms with Crippen LogP contribution in [0.1, 0.15) is 0 Å². The van der Waals surface area contributed by atoms with Crippen molar-refractivity contribution in [3.8, 4) is 33.4 Å². The van der Waals surface area contributed by atoms with Gasteiger partial charge in [-0.1, -0.05) is 133 Å². The lowest BCUT2D eigenvalue weighted by Crippen LogP contribution is -2.09. The van der Waals surface area contributed by atoms with Gasteiger partial charge >= 0.3 is 0 Å². The van der Waals surface area contributed by atoms with E-state index in [0.29, 0.717) is 0 Å². The van der Waals surface area contributed by atoms with Crippen molar-refractivity contribution in [2.24, 2.45) is 0 Å². The first-order chi connectivity index (χ1) is 23.8. The molecule has 48 heavy (non-hydrogen) atoms. The molecule has 1 heterocycles. The van der Waals surface area contributed by atoms with Crippen LogP contribution in [0, 0.1) is 0 Å². The first-order valence-corrected chi connectivity index (χ1v) is 17.2. The number of hydrogen-bond donors (Lipinski definition) is 0. The van der Waals surface area contributed by atoms with Crippen LogP contribution in [0.25, 0.3) is 64.3 Å². The lowest BCUT2D eigenvalue weighted by atomic mass is 9.93. The summed E-state index contributed by atoms with van der Waals surface area (Å²) in [5.41, 5.74) is 10.8. The van der Waals surface area contributed by atoms with Crippen molar-refractivity contribution in [3.63, 3.8) is 0 Å². The molecule has 0 aliphatic carbocycles. The number of rotatable bonds is 6. The highest BCUT2D eigenvalue weighted by Crippen LogP contribution is 2.45. The Morgan fingerprint density at radius 3 is 1.56 bits per heavy atom. The minimum atomic E-state index is 1.12. The lowest BCUT2D eigenvalue weighted by molar-refractivity contribution is 1.28. The molecule has 8 aromatic carbocycles. The van der Waals surface area contributed by atoms with Gasteiger partial charge < -0.3 is 4.90 Å². The molecule has 0 bridgehead atoms. The number of benzene rings is 8. The molecular formula is C46H31NS. The van der Waals surface area contributed by atoms with Gasteiger partial charge in [-0.3, -0.25) is 0 Å². The van der Waals surface area contributed by atoms with E-state index in [1.807, 2.05) is 11.3 Å². The molecule has 0 aliphatic heterocycles. The Morgan fingerprint density at radius 1 is 0.333 bits per heavy atom. The molecule has 0 N–H and O–H groups in total. The molecule has 9 rings (SSSR count). The monoisotopic (exact) mass is 629 g/mol. The van der Waals surface area contributed by atoms with Crippen LogP contribution in [0.2, 0.25) is 0 Å². The van der Waals surface area contributed by atoms with E-state index in [2.05, 4.69) is 193 Å². The maximum Gasteiger partial charge on any atom is 0.0462 e. The van der Waals surface area contributed by atoms with Crippen molar-refractivity contribution in [2.45, 2.75) is 0 Å². The number of anilines is 3. The van der Waals surface area contributed by atoms with Gasteiger partial charge in [0.2, 0.25) is 0 Å². The molecule has 0 radical (unpaired) electrons. The summed E-state index contributed by atoms with van der Waals surface area (Å²) in [7, 11) is 0. The van der Waals surface area contributed by atoms with E-state index in [0.717, 1.165) is 17.1 Å². The summed E-state index contributed by atoms with van der Waals surface area (Å²) in [5, 5.41) is 5.22. The molecule has 0 aliphatic rings. The standard InChI is InChI=1S/C46H31NS/c1-3-12-32(13-4-1)35-15-11-16-36(30-35)33-22-26-39(27-23-33)47(38-17-5-2-6-18-38)40-28-24-34(25-29-40)45-41-19-8-7-14-37(41)31-44-46(45)42-20-9-10-21-43(42)48-44/h1-31H. The second-order valence-electron chi connectivity index (χ2n) is 12.2. The summed E-state index contributed by atoms with van der Waals surface area (Å²) in [6.07, 6.45) is 0. The van der Waals surface area contributed by atoms with E-state index in [9.17, 15) is 0 Å². The Hall–Kier alpha value is -5.96. The van der Waals surface area contributed by atoms with Crippen LogP contribution in [-0.4, -0.2) is 0 Å². The minimum Gasteiger partial charge on any atom is -0.311 e. The Morgan fingerprint density at radius 2 is 0.854 bits per heavy atom. The van der Waals surface area contributed by atoms with E-state index in [1.165, 1.54) is 64.3 Å². The highest BCUT2D eigenvalue weighted by Gasteiger charge is 2.17. The Balaban J connectivity index is 1.12. The van der Waals surface area contributed by atoms with Crippen molar-refractivity contribution < 1.29 is 0 Å². The lowest BCUT2D eigenvalue weighted by Gasteiger charge is -2.26. The predicted molar refractivity (Wildman–Crippen MR) is 208 cm³/mol. The van der Waals surface area contributed by atoms with Crippen LogP contribution >= 0.6 is 11.3 Å². The van der Waals surface area contributed by atoms with Gasteiger partial charge in [-0.2, -0.15) is 0 Å². The van der Waals surface area contributed by atoms with Crippen molar-refractivity contribution in [2.75, 3.05) is 4.90 Å². The van der Waals surface area contributed by atoms with Crippen LogP contribution in [0.5, 0.6) is 0 Å². The molecule has 0 unspecified atom stereocenters. The van der Waals surface area contributed by atoms with Gasteiger partial charge in [0, 0.05) is 37.2 Å². The molecule has 2 heteroatoms. The largest absolute Gasteiger partial charge is 0.311 e. The smallest absolute Gasteiger partial charge is 0.0462 e. The fraction of sp³-hybridized carbons (Fsp3) is 0. The fourth-order valence-corrected chi connectivity index (χ4v) is 8.13. The van der Waals surface area contributed by atoms with Gasteiger partial charge in [0.05, 0.1) is 0 Å². The summed E-state index contributed by atoms with van der Waals surface area (Å²) in [6, 6.07) is 68.0. The average Bonchev–Trinajstić information content (AvgIpc) is 3.53. The predicted octanol–water partition coefficient (Wildman–Crippen LogP) is 13.7. The molecule has 9 aromatic rings. The van der Waals surface area contributed by atoms with Gasteiger partial charge in [-0.05, 0) is 98.8 Å². The van der Waals surface area contributed by atoms with Gasteiger partial charge in [-0.15, -0.1) is 11.3 Å². The van der Waals surface area contributed by atoms with Gasteiger partial charge in [0.1, 0.15) is 0 Å². The highest BCUT2D eigenvalue weighted by molar-refractivity contribution is 7.26. The average molecular weight is 630 g/mol. The molecule has 1 nitrogen and oxygen atoms in total. The summed E-state index contributed by atoms with van der Waals surface area (Å²) in [4.78, 5) is 2.34. The van der Waals surface area contributed by atoms with E-state index < -0.39 is 0 Å². The number of fused-ring (bicyclic) bond motifs is 4. The van der Waals surface area contributed by atoms with E-state index in [1.54, 1.807) is 0 Å². The summed E-state index contributed by atoms with van der Waals surface area (Å²) in [5.74, 6) is 0. The Kier molecular flexibility index (Phi) is 7.07. The summed E-state index contributed by atoms with van der Waals surface area (Å²) < 4.78 is 2.65. The second-order valence-corrected chi connectivity index (χ2v) is 13.2. The molecule has 0 spiro atoms. The van der Waals surface area contributed by atoms with E-state index >= 15 is 0 Å². The van der Waals surface area contributed by atoms with Gasteiger partial charge in [0.25, 0.3) is 0 Å². The highest BCUT2D eigenvalue weighted by atomic mass is 32.1. The topological polar surface area (TPSA) is 3.24 Å². The summed E-state index contributed by atoms with van der Waals surface area (Å²) in [6.45, 7) is 0. The zero-order chi connectivity index (χ0) is 31.9. The molecule has 1 aromatic heterocycles. The fourth-order valence-electron chi connectivity index (χ4n) is 6.96. The van der Waals surface area contributed by atoms with Crippen molar-refractivity contribution >= 4 is 59.3 Å². The Bertz CT molecular complexity index is 2530. The van der Waals surface area contributed by atoms with Crippen molar-refractivity contribution in [1.82, 2.24) is 0 Å². The van der Waals surface area contributed by atoms with Crippen molar-refractivity contribution in [3.05, 3.63) is 188 Å². The van der Waals surface area contributed by atoms with Crippen LogP contribution in [0.4, 0.5) is 17.1 Å². The molecular weight excluding hydrogens is 599 g/mol. The first-order valence-electron chi connectivity index (χ1n) is 16.3. The zero-order valence-electron chi connectivity index (χ0n) is 26.3. The van der Waals surface area contributed by atoms with E-state index in [4.69, 9.17) is 0 Å². The van der Waals surface area contributed by atoms with Crippen LogP contribution in [-0.2, 0) is 0 Å². The maximum atomic E-state index is 2.35. The number of thiophene rings is 1. The Labute approximate surface area is 284 Å². The normalized spacial score (nSPS) is 11.3. The van der Waals surface area contributed by atoms with Crippen LogP contribution in [0.3, 0.4) is 0 Å². The third-order valence-electron chi connectivity index (χ3n) is 9.25. The molecule has 0 atom stereocenters. The van der Waals surface area contributed by atoms with Crippen LogP contribution < -0.4 is 4.90 Å². The summed E-state index contributed by atoms with van der Waals surface area (Å²) >= 11 is 1.88. The molecule has 0 saturated heterocycles. The number of para-hydroxylation sites is 1. The van der Waals surface area contributed by atoms with Gasteiger partial charge in [0.15, 0.2) is 0 Å². The number of nitrogens with zero attached hydrogens (tertiary/aromatic N) is 1. The van der Waals surface area contributed by atoms with Crippen molar-refractivity contribution in [1.29, 1.82) is 0 Å². The first kappa shape index (κ1) is 28.3. The maximum absolute atomic E-state index is 2.35. The minimum absolute atomic E-state index is 1.12. The third-order valence-corrected chi connectivity index (χ3v) is 10.4. The number of hydrogen-bond acceptors (Lipinski definition) is 2. The zero-order valence-corrected chi connectivity index (χ0v) is 27.1. The van der Waals surface area contributed by atoms with Gasteiger partial charge in [-0.25, -0.2) is 0 Å².